The minimum atomic E-state index is 0.157. The molecule has 80 valence electrons. The molecule has 0 aromatic carbocycles. The fourth-order valence-corrected chi connectivity index (χ4v) is 2.74. The number of hydrogen-bond donors (Lipinski definition) is 0. The lowest BCUT2D eigenvalue weighted by atomic mass is 10.1. The van der Waals surface area contributed by atoms with Gasteiger partial charge >= 0.3 is 0 Å². The molecule has 2 rings (SSSR count). The van der Waals surface area contributed by atoms with Gasteiger partial charge in [0.05, 0.1) is 0 Å². The second kappa shape index (κ2) is 3.54. The predicted molar refractivity (Wildman–Crippen MR) is 56.0 cm³/mol. The molecular weight excluding hydrogens is 176 g/mol. The molecule has 0 unspecified atom stereocenters. The number of rotatable bonds is 2. The van der Waals surface area contributed by atoms with E-state index in [1.807, 2.05) is 13.8 Å². The molecule has 0 saturated carbocycles. The van der Waals surface area contributed by atoms with Gasteiger partial charge in [0.25, 0.3) is 0 Å². The van der Waals surface area contributed by atoms with Crippen LogP contribution < -0.4 is 0 Å². The molecule has 0 radical (unpaired) electrons. The molecule has 0 N–H and O–H groups in total. The molecule has 2 saturated heterocycles. The second-order valence-electron chi connectivity index (χ2n) is 4.78. The fraction of sp³-hybridized carbons (Fsp3) is 0.909. The highest BCUT2D eigenvalue weighted by atomic mass is 16.2. The van der Waals surface area contributed by atoms with Crippen molar-refractivity contribution >= 4 is 5.91 Å². The van der Waals surface area contributed by atoms with Crippen molar-refractivity contribution in [1.82, 2.24) is 9.80 Å². The number of carbonyl (C=O) groups excluding carboxylic acids is 1. The molecule has 2 aliphatic rings. The van der Waals surface area contributed by atoms with Crippen molar-refractivity contribution in [2.24, 2.45) is 5.92 Å². The molecular formula is C11H20N2O. The van der Waals surface area contributed by atoms with Crippen LogP contribution in [0.4, 0.5) is 0 Å². The smallest absolute Gasteiger partial charge is 0.225 e. The van der Waals surface area contributed by atoms with E-state index in [9.17, 15) is 4.79 Å². The van der Waals surface area contributed by atoms with E-state index in [4.69, 9.17) is 0 Å². The van der Waals surface area contributed by atoms with Crippen molar-refractivity contribution in [2.75, 3.05) is 19.6 Å². The van der Waals surface area contributed by atoms with Gasteiger partial charge in [0.15, 0.2) is 0 Å². The van der Waals surface area contributed by atoms with E-state index in [0.717, 1.165) is 19.6 Å². The summed E-state index contributed by atoms with van der Waals surface area (Å²) in [5.41, 5.74) is 0. The number of fused-ring (bicyclic) bond motifs is 2. The molecule has 14 heavy (non-hydrogen) atoms. The number of hydrogen-bond acceptors (Lipinski definition) is 2. The summed E-state index contributed by atoms with van der Waals surface area (Å²) >= 11 is 0. The molecule has 3 heteroatoms. The number of likely N-dealkylation sites (tertiary alicyclic amines) is 2. The Labute approximate surface area is 86.1 Å². The van der Waals surface area contributed by atoms with Crippen LogP contribution in [0.1, 0.15) is 27.2 Å². The van der Waals surface area contributed by atoms with Crippen LogP contribution in [0.25, 0.3) is 0 Å². The number of carbonyl (C=O) groups is 1. The fourth-order valence-electron chi connectivity index (χ4n) is 2.74. The third kappa shape index (κ3) is 1.44. The minimum Gasteiger partial charge on any atom is -0.337 e. The van der Waals surface area contributed by atoms with Gasteiger partial charge in [-0.15, -0.1) is 0 Å². The maximum Gasteiger partial charge on any atom is 0.225 e. The predicted octanol–water partition coefficient (Wildman–Crippen LogP) is 0.947. The highest BCUT2D eigenvalue weighted by Gasteiger charge is 2.44. The Bertz CT molecular complexity index is 239. The summed E-state index contributed by atoms with van der Waals surface area (Å²) in [6, 6.07) is 1.16. The quantitative estimate of drug-likeness (QED) is 0.656. The summed E-state index contributed by atoms with van der Waals surface area (Å²) in [5, 5.41) is 0. The summed E-state index contributed by atoms with van der Waals surface area (Å²) in [6.07, 6.45) is 1.20. The van der Waals surface area contributed by atoms with E-state index in [-0.39, 0.29) is 5.92 Å². The average Bonchev–Trinajstić information content (AvgIpc) is 2.74. The van der Waals surface area contributed by atoms with Crippen molar-refractivity contribution < 1.29 is 4.79 Å². The third-order valence-electron chi connectivity index (χ3n) is 3.54. The Morgan fingerprint density at radius 1 is 1.36 bits per heavy atom. The van der Waals surface area contributed by atoms with Gasteiger partial charge in [0, 0.05) is 31.1 Å². The van der Waals surface area contributed by atoms with Crippen LogP contribution in [0.3, 0.4) is 0 Å². The van der Waals surface area contributed by atoms with Crippen LogP contribution in [0, 0.1) is 5.92 Å². The highest BCUT2D eigenvalue weighted by molar-refractivity contribution is 5.79. The van der Waals surface area contributed by atoms with Gasteiger partial charge in [-0.3, -0.25) is 9.69 Å². The first-order valence-electron chi connectivity index (χ1n) is 5.68. The van der Waals surface area contributed by atoms with Gasteiger partial charge in [-0.25, -0.2) is 0 Å². The molecule has 0 spiro atoms. The number of likely N-dealkylation sites (N-methyl/N-ethyl adjacent to an activating group) is 1. The molecule has 0 aromatic heterocycles. The first kappa shape index (κ1) is 9.97. The van der Waals surface area contributed by atoms with E-state index in [0.29, 0.717) is 18.0 Å². The third-order valence-corrected chi connectivity index (χ3v) is 3.54. The topological polar surface area (TPSA) is 23.6 Å². The van der Waals surface area contributed by atoms with Gasteiger partial charge in [-0.2, -0.15) is 0 Å². The van der Waals surface area contributed by atoms with E-state index in [1.54, 1.807) is 0 Å². The Morgan fingerprint density at radius 2 is 2.07 bits per heavy atom. The van der Waals surface area contributed by atoms with Crippen molar-refractivity contribution in [2.45, 2.75) is 39.3 Å². The van der Waals surface area contributed by atoms with Gasteiger partial charge < -0.3 is 4.90 Å². The molecule has 3 nitrogen and oxygen atoms in total. The number of amides is 1. The van der Waals surface area contributed by atoms with E-state index >= 15 is 0 Å². The summed E-state index contributed by atoms with van der Waals surface area (Å²) in [5.74, 6) is 0.498. The zero-order chi connectivity index (χ0) is 10.3. The first-order valence-corrected chi connectivity index (χ1v) is 5.68. The highest BCUT2D eigenvalue weighted by Crippen LogP contribution is 2.31. The summed E-state index contributed by atoms with van der Waals surface area (Å²) in [4.78, 5) is 16.4. The number of piperazine rings is 1. The molecule has 1 amide bonds. The van der Waals surface area contributed by atoms with Crippen LogP contribution in [0.15, 0.2) is 0 Å². The molecule has 2 fully saturated rings. The average molecular weight is 196 g/mol. The summed E-state index contributed by atoms with van der Waals surface area (Å²) in [7, 11) is 0. The normalized spacial score (nSPS) is 31.9. The van der Waals surface area contributed by atoms with E-state index < -0.39 is 0 Å². The Kier molecular flexibility index (Phi) is 2.52. The van der Waals surface area contributed by atoms with Crippen molar-refractivity contribution in [3.05, 3.63) is 0 Å². The Hall–Kier alpha value is -0.570. The lowest BCUT2D eigenvalue weighted by Crippen LogP contribution is -2.49. The zero-order valence-corrected chi connectivity index (χ0v) is 9.36. The Morgan fingerprint density at radius 3 is 2.50 bits per heavy atom. The Balaban J connectivity index is 1.99. The largest absolute Gasteiger partial charge is 0.337 e. The van der Waals surface area contributed by atoms with Crippen molar-refractivity contribution in [3.63, 3.8) is 0 Å². The van der Waals surface area contributed by atoms with Crippen LogP contribution in [-0.2, 0) is 4.79 Å². The van der Waals surface area contributed by atoms with Gasteiger partial charge in [0.1, 0.15) is 0 Å². The van der Waals surface area contributed by atoms with Gasteiger partial charge in [0.2, 0.25) is 5.91 Å². The maximum atomic E-state index is 11.8. The minimum absolute atomic E-state index is 0.157. The van der Waals surface area contributed by atoms with Crippen LogP contribution in [0.5, 0.6) is 0 Å². The van der Waals surface area contributed by atoms with Crippen molar-refractivity contribution in [3.8, 4) is 0 Å². The SMILES string of the molecule is CCN1C[C@H]2C[C@@H]1CN2C(=O)C(C)C. The van der Waals surface area contributed by atoms with E-state index in [1.165, 1.54) is 6.42 Å². The van der Waals surface area contributed by atoms with E-state index in [2.05, 4.69) is 16.7 Å². The molecule has 2 bridgehead atoms. The maximum absolute atomic E-state index is 11.8. The molecule has 2 heterocycles. The van der Waals surface area contributed by atoms with Crippen LogP contribution in [-0.4, -0.2) is 47.4 Å². The van der Waals surface area contributed by atoms with Crippen molar-refractivity contribution in [1.29, 1.82) is 0 Å². The lowest BCUT2D eigenvalue weighted by molar-refractivity contribution is -0.136. The standard InChI is InChI=1S/C11H20N2O/c1-4-12-6-10-5-9(12)7-13(10)11(14)8(2)3/h8-10H,4-7H2,1-3H3/t9-,10-/m1/s1. The molecule has 2 atom stereocenters. The molecule has 2 aliphatic heterocycles. The summed E-state index contributed by atoms with van der Waals surface area (Å²) < 4.78 is 0. The number of nitrogens with zero attached hydrogens (tertiary/aromatic N) is 2. The zero-order valence-electron chi connectivity index (χ0n) is 9.36. The van der Waals surface area contributed by atoms with Crippen LogP contribution >= 0.6 is 0 Å². The lowest BCUT2D eigenvalue weighted by Gasteiger charge is -2.34. The van der Waals surface area contributed by atoms with Gasteiger partial charge in [-0.1, -0.05) is 20.8 Å². The first-order chi connectivity index (χ1) is 6.63. The molecule has 0 aromatic rings. The monoisotopic (exact) mass is 196 g/mol. The van der Waals surface area contributed by atoms with Gasteiger partial charge in [-0.05, 0) is 13.0 Å². The van der Waals surface area contributed by atoms with Crippen LogP contribution in [0.2, 0.25) is 0 Å². The summed E-state index contributed by atoms with van der Waals surface area (Å²) in [6.45, 7) is 9.38. The molecule has 0 aliphatic carbocycles. The second-order valence-corrected chi connectivity index (χ2v) is 4.78.